The Bertz CT molecular complexity index is 4330. The zero-order chi connectivity index (χ0) is 53.3. The Morgan fingerprint density at radius 3 is 1.42 bits per heavy atom. The van der Waals surface area contributed by atoms with Crippen molar-refractivity contribution in [1.82, 2.24) is 4.57 Å². The summed E-state index contributed by atoms with van der Waals surface area (Å²) in [5, 5.41) is 2.48. The van der Waals surface area contributed by atoms with E-state index in [0.29, 0.717) is 0 Å². The minimum atomic E-state index is -0.248. The summed E-state index contributed by atoms with van der Waals surface area (Å²) in [7, 11) is 0. The van der Waals surface area contributed by atoms with Crippen molar-refractivity contribution in [2.45, 2.75) is 52.4 Å². The average molecular weight is 1020 g/mol. The molecule has 0 atom stereocenters. The van der Waals surface area contributed by atoms with Crippen LogP contribution in [0.3, 0.4) is 0 Å². The second-order valence-electron chi connectivity index (χ2n) is 23.7. The maximum Gasteiger partial charge on any atom is 0.252 e. The van der Waals surface area contributed by atoms with Crippen LogP contribution in [0.1, 0.15) is 52.7 Å². The van der Waals surface area contributed by atoms with Crippen LogP contribution in [0.15, 0.2) is 243 Å². The van der Waals surface area contributed by atoms with Gasteiger partial charge in [0, 0.05) is 72.6 Å². The SMILES string of the molecule is CC(C)(C)c1cc(-c2ccccc2)c(N2c3cc(-n4c5ccccc5c5ccccc54)ccc3B3c4cccc5c4N(c4ccccc4-c4ccccc4Oc4ccccc4-5)c4cc(C(C)(C)C)cc2c43)c(-c2ccccc2)c1. The number of benzene rings is 11. The van der Waals surface area contributed by atoms with Crippen molar-refractivity contribution in [2.75, 3.05) is 9.80 Å². The monoisotopic (exact) mass is 1020 g/mol. The molecule has 0 saturated heterocycles. The van der Waals surface area contributed by atoms with Crippen LogP contribution in [0.5, 0.6) is 11.5 Å². The van der Waals surface area contributed by atoms with E-state index in [-0.39, 0.29) is 17.5 Å². The highest BCUT2D eigenvalue weighted by Gasteiger charge is 2.47. The molecule has 3 aliphatic heterocycles. The van der Waals surface area contributed by atoms with E-state index in [1.165, 1.54) is 82.9 Å². The fourth-order valence-corrected chi connectivity index (χ4v) is 13.1. The first-order valence-corrected chi connectivity index (χ1v) is 27.8. The van der Waals surface area contributed by atoms with Crippen LogP contribution < -0.4 is 30.9 Å². The first kappa shape index (κ1) is 46.9. The summed E-state index contributed by atoms with van der Waals surface area (Å²) in [5.41, 5.74) is 25.3. The topological polar surface area (TPSA) is 20.6 Å². The summed E-state index contributed by atoms with van der Waals surface area (Å²) >= 11 is 0. The second kappa shape index (κ2) is 17.6. The number of fused-ring (bicyclic) bond motifs is 13. The highest BCUT2D eigenvalue weighted by Crippen LogP contribution is 2.56. The van der Waals surface area contributed by atoms with Gasteiger partial charge >= 0.3 is 0 Å². The van der Waals surface area contributed by atoms with Gasteiger partial charge in [-0.05, 0) is 116 Å². The van der Waals surface area contributed by atoms with E-state index < -0.39 is 0 Å². The molecule has 0 spiro atoms. The van der Waals surface area contributed by atoms with Crippen LogP contribution in [0, 0.1) is 0 Å². The Hall–Kier alpha value is -9.32. The van der Waals surface area contributed by atoms with Gasteiger partial charge in [0.2, 0.25) is 0 Å². The third kappa shape index (κ3) is 7.29. The lowest BCUT2D eigenvalue weighted by Crippen LogP contribution is -2.61. The quantitative estimate of drug-likeness (QED) is 0.164. The minimum Gasteiger partial charge on any atom is -0.456 e. The Morgan fingerprint density at radius 1 is 0.342 bits per heavy atom. The fourth-order valence-electron chi connectivity index (χ4n) is 13.1. The Balaban J connectivity index is 1.14. The zero-order valence-corrected chi connectivity index (χ0v) is 45.4. The third-order valence-corrected chi connectivity index (χ3v) is 16.9. The number of hydrogen-bond donors (Lipinski definition) is 0. The van der Waals surface area contributed by atoms with Crippen molar-refractivity contribution in [2.24, 2.45) is 0 Å². The Kier molecular flexibility index (Phi) is 10.5. The van der Waals surface area contributed by atoms with E-state index >= 15 is 0 Å². The Labute approximate surface area is 463 Å². The molecule has 0 amide bonds. The van der Waals surface area contributed by atoms with Crippen LogP contribution in [-0.2, 0) is 10.8 Å². The molecule has 0 N–H and O–H groups in total. The maximum absolute atomic E-state index is 7.10. The summed E-state index contributed by atoms with van der Waals surface area (Å²) in [6, 6.07) is 90.4. The van der Waals surface area contributed by atoms with Crippen molar-refractivity contribution in [3.8, 4) is 61.7 Å². The predicted octanol–water partition coefficient (Wildman–Crippen LogP) is 18.2. The summed E-state index contributed by atoms with van der Waals surface area (Å²) in [4.78, 5) is 5.31. The van der Waals surface area contributed by atoms with Crippen LogP contribution in [0.4, 0.5) is 34.1 Å². The largest absolute Gasteiger partial charge is 0.456 e. The minimum absolute atomic E-state index is 0.147. The molecule has 1 aromatic heterocycles. The molecule has 12 aromatic rings. The van der Waals surface area contributed by atoms with Crippen molar-refractivity contribution in [1.29, 1.82) is 0 Å². The van der Waals surface area contributed by atoms with Gasteiger partial charge < -0.3 is 19.1 Å². The standard InChI is InChI=1S/C74H58BN3O/c1-73(2,3)49-42-58(47-24-9-7-10-25-47)71(59(43-49)48-26-11-8-12-27-48)78-65-46-51(76-62-35-18-13-28-52(62)53-29-14-19-36-63(53)76)40-41-60(65)75-61-34-23-33-57-56-32-17-22-39-69(56)79-68-38-21-16-31-55(68)54-30-15-20-37-64(54)77(72(57)61)66-44-50(74(4,5)6)45-67(78)70(66)75/h7-46H,1-6H3. The lowest BCUT2D eigenvalue weighted by molar-refractivity contribution is 0.486. The number of nitrogens with zero attached hydrogens (tertiary/aromatic N) is 3. The highest BCUT2D eigenvalue weighted by atomic mass is 16.5. The normalized spacial score (nSPS) is 13.2. The molecule has 0 radical (unpaired) electrons. The molecular weight excluding hydrogens is 958 g/mol. The molecule has 79 heavy (non-hydrogen) atoms. The van der Waals surface area contributed by atoms with Gasteiger partial charge in [-0.2, -0.15) is 0 Å². The van der Waals surface area contributed by atoms with Gasteiger partial charge in [0.25, 0.3) is 6.71 Å². The van der Waals surface area contributed by atoms with Gasteiger partial charge in [-0.15, -0.1) is 0 Å². The van der Waals surface area contributed by atoms with E-state index in [0.717, 1.165) is 62.2 Å². The van der Waals surface area contributed by atoms with Crippen molar-refractivity contribution in [3.05, 3.63) is 254 Å². The molecule has 15 rings (SSSR count). The van der Waals surface area contributed by atoms with Crippen LogP contribution >= 0.6 is 0 Å². The first-order chi connectivity index (χ1) is 38.5. The second-order valence-corrected chi connectivity index (χ2v) is 23.7. The van der Waals surface area contributed by atoms with Crippen LogP contribution in [-0.4, -0.2) is 11.3 Å². The maximum atomic E-state index is 7.10. The molecule has 11 aromatic carbocycles. The molecular formula is C74H58BN3O. The fraction of sp³-hybridized carbons (Fsp3) is 0.108. The predicted molar refractivity (Wildman–Crippen MR) is 334 cm³/mol. The molecule has 3 aliphatic rings. The number of rotatable bonds is 4. The van der Waals surface area contributed by atoms with Gasteiger partial charge in [0.05, 0.1) is 22.4 Å². The molecule has 5 heteroatoms. The number of hydrogen-bond acceptors (Lipinski definition) is 3. The number of para-hydroxylation sites is 6. The zero-order valence-electron chi connectivity index (χ0n) is 45.4. The van der Waals surface area contributed by atoms with E-state index in [2.05, 4.69) is 299 Å². The summed E-state index contributed by atoms with van der Waals surface area (Å²) in [6.45, 7) is 14.0. The van der Waals surface area contributed by atoms with E-state index in [9.17, 15) is 0 Å². The average Bonchev–Trinajstić information content (AvgIpc) is 3.95. The lowest BCUT2D eigenvalue weighted by atomic mass is 9.33. The molecule has 0 saturated carbocycles. The van der Waals surface area contributed by atoms with Crippen molar-refractivity contribution < 1.29 is 4.74 Å². The summed E-state index contributed by atoms with van der Waals surface area (Å²) < 4.78 is 9.58. The number of anilines is 6. The number of ether oxygens (including phenoxy) is 1. The molecule has 0 aliphatic carbocycles. The van der Waals surface area contributed by atoms with Crippen LogP contribution in [0.25, 0.3) is 72.0 Å². The van der Waals surface area contributed by atoms with Crippen molar-refractivity contribution >= 4 is 79.0 Å². The molecule has 4 nitrogen and oxygen atoms in total. The molecule has 4 heterocycles. The molecule has 0 bridgehead atoms. The molecule has 0 fully saturated rings. The van der Waals surface area contributed by atoms with Crippen molar-refractivity contribution in [3.63, 3.8) is 0 Å². The van der Waals surface area contributed by atoms with Gasteiger partial charge in [-0.1, -0.05) is 217 Å². The molecule has 0 unspecified atom stereocenters. The summed E-state index contributed by atoms with van der Waals surface area (Å²) in [6.07, 6.45) is 0. The van der Waals surface area contributed by atoms with Gasteiger partial charge in [-0.25, -0.2) is 0 Å². The molecule has 378 valence electrons. The van der Waals surface area contributed by atoms with Gasteiger partial charge in [0.15, 0.2) is 0 Å². The summed E-state index contributed by atoms with van der Waals surface area (Å²) in [5.74, 6) is 1.64. The lowest BCUT2D eigenvalue weighted by Gasteiger charge is -2.47. The smallest absolute Gasteiger partial charge is 0.252 e. The number of aromatic nitrogens is 1. The van der Waals surface area contributed by atoms with E-state index in [1.807, 2.05) is 0 Å². The van der Waals surface area contributed by atoms with Gasteiger partial charge in [0.1, 0.15) is 11.5 Å². The Morgan fingerprint density at radius 2 is 0.823 bits per heavy atom. The highest BCUT2D eigenvalue weighted by molar-refractivity contribution is 7.00. The first-order valence-electron chi connectivity index (χ1n) is 27.8. The van der Waals surface area contributed by atoms with Gasteiger partial charge in [-0.3, -0.25) is 0 Å². The van der Waals surface area contributed by atoms with E-state index in [1.54, 1.807) is 0 Å². The van der Waals surface area contributed by atoms with E-state index in [4.69, 9.17) is 4.74 Å². The third-order valence-electron chi connectivity index (χ3n) is 16.9. The van der Waals surface area contributed by atoms with Crippen LogP contribution in [0.2, 0.25) is 0 Å².